The van der Waals surface area contributed by atoms with E-state index in [0.717, 1.165) is 72.4 Å². The van der Waals surface area contributed by atoms with E-state index in [2.05, 4.69) is 10.6 Å². The zero-order valence-corrected chi connectivity index (χ0v) is 21.8. The monoisotopic (exact) mass is 533 g/mol. The topological polar surface area (TPSA) is 128 Å². The molecule has 0 aromatic heterocycles. The van der Waals surface area contributed by atoms with Gasteiger partial charge >= 0.3 is 12.1 Å². The number of unbranched alkanes of at least 4 members (excludes halogenated alkanes) is 4. The average Bonchev–Trinajstić information content (AvgIpc) is 2.94. The summed E-state index contributed by atoms with van der Waals surface area (Å²) in [5.74, 6) is -1.96. The lowest BCUT2D eigenvalue weighted by atomic mass is 10.1. The Hall–Kier alpha value is -4.21. The first-order chi connectivity index (χ1) is 18.9. The van der Waals surface area contributed by atoms with E-state index in [4.69, 9.17) is 9.84 Å². The molecule has 0 atom stereocenters. The largest absolute Gasteiger partial charge is 0.478 e. The van der Waals surface area contributed by atoms with Gasteiger partial charge in [0.1, 0.15) is 6.61 Å². The first-order valence-electron chi connectivity index (χ1n) is 13.0. The number of hydrogen-bond donors (Lipinski definition) is 4. The van der Waals surface area contributed by atoms with Crippen molar-refractivity contribution < 1.29 is 29.4 Å². The highest BCUT2D eigenvalue weighted by Crippen LogP contribution is 2.23. The van der Waals surface area contributed by atoms with E-state index in [9.17, 15) is 19.6 Å². The second kappa shape index (κ2) is 15.9. The van der Waals surface area contributed by atoms with E-state index in [0.29, 0.717) is 17.6 Å². The van der Waals surface area contributed by atoms with Crippen LogP contribution in [0.4, 0.5) is 10.5 Å². The van der Waals surface area contributed by atoms with Crippen molar-refractivity contribution in [2.75, 3.05) is 18.4 Å². The number of hydroxylamine groups is 2. The molecule has 0 bridgehead atoms. The molecule has 39 heavy (non-hydrogen) atoms. The Balaban J connectivity index is 1.24. The summed E-state index contributed by atoms with van der Waals surface area (Å²) in [4.78, 5) is 34.2. The predicted molar refractivity (Wildman–Crippen MR) is 149 cm³/mol. The van der Waals surface area contributed by atoms with Crippen LogP contribution in [0.15, 0.2) is 78.9 Å². The number of carbonyl (C=O) groups is 3. The van der Waals surface area contributed by atoms with Crippen LogP contribution < -0.4 is 10.6 Å². The highest BCUT2D eigenvalue weighted by Gasteiger charge is 2.08. The average molecular weight is 534 g/mol. The van der Waals surface area contributed by atoms with Crippen molar-refractivity contribution in [2.45, 2.75) is 45.3 Å². The summed E-state index contributed by atoms with van der Waals surface area (Å²) in [6, 6.07) is 21.5. The number of nitrogens with one attached hydrogen (secondary N) is 2. The number of hydrogen-bond acceptors (Lipinski definition) is 6. The number of carboxylic acids is 1. The van der Waals surface area contributed by atoms with E-state index in [1.165, 1.54) is 0 Å². The van der Waals surface area contributed by atoms with Crippen LogP contribution >= 0.6 is 0 Å². The summed E-state index contributed by atoms with van der Waals surface area (Å²) < 4.78 is 5.40. The maximum atomic E-state index is 12.3. The molecule has 3 aromatic rings. The number of aliphatic carboxylic acids is 1. The SMILES string of the molecule is O=C(O)/C=C/C(=O)N(O)CCCCCCCNCc1ccc(COC(=O)Nc2cccc3ccccc23)cc1. The first-order valence-corrected chi connectivity index (χ1v) is 13.0. The molecule has 3 aromatic carbocycles. The van der Waals surface area contributed by atoms with Gasteiger partial charge in [-0.2, -0.15) is 0 Å². The highest BCUT2D eigenvalue weighted by molar-refractivity contribution is 6.00. The van der Waals surface area contributed by atoms with Crippen molar-refractivity contribution in [3.05, 3.63) is 90.0 Å². The minimum Gasteiger partial charge on any atom is -0.478 e. The fraction of sp³-hybridized carbons (Fsp3) is 0.300. The van der Waals surface area contributed by atoms with Crippen molar-refractivity contribution >= 4 is 34.4 Å². The van der Waals surface area contributed by atoms with Gasteiger partial charge in [-0.1, -0.05) is 79.9 Å². The zero-order chi connectivity index (χ0) is 27.9. The van der Waals surface area contributed by atoms with Gasteiger partial charge in [0.2, 0.25) is 0 Å². The van der Waals surface area contributed by atoms with Gasteiger partial charge < -0.3 is 15.2 Å². The number of carboxylic acid groups (broad SMARTS) is 1. The Morgan fingerprint density at radius 2 is 1.51 bits per heavy atom. The smallest absolute Gasteiger partial charge is 0.411 e. The minimum atomic E-state index is -1.23. The number of ether oxygens (including phenoxy) is 1. The molecule has 0 saturated carbocycles. The molecule has 0 aliphatic rings. The third-order valence-corrected chi connectivity index (χ3v) is 6.09. The van der Waals surface area contributed by atoms with Crippen LogP contribution in [0.1, 0.15) is 43.2 Å². The summed E-state index contributed by atoms with van der Waals surface area (Å²) in [6.07, 6.45) is 5.60. The molecule has 0 aliphatic carbocycles. The van der Waals surface area contributed by atoms with E-state index >= 15 is 0 Å². The molecular weight excluding hydrogens is 498 g/mol. The lowest BCUT2D eigenvalue weighted by Gasteiger charge is -2.12. The van der Waals surface area contributed by atoms with Gasteiger partial charge in [-0.3, -0.25) is 15.3 Å². The highest BCUT2D eigenvalue weighted by atomic mass is 16.5. The third-order valence-electron chi connectivity index (χ3n) is 6.09. The lowest BCUT2D eigenvalue weighted by molar-refractivity contribution is -0.159. The Morgan fingerprint density at radius 1 is 0.821 bits per heavy atom. The summed E-state index contributed by atoms with van der Waals surface area (Å²) in [5.41, 5.74) is 2.77. The summed E-state index contributed by atoms with van der Waals surface area (Å²) in [5, 5.41) is 26.9. The van der Waals surface area contributed by atoms with E-state index in [1.807, 2.05) is 66.7 Å². The van der Waals surface area contributed by atoms with Crippen molar-refractivity contribution in [3.63, 3.8) is 0 Å². The summed E-state index contributed by atoms with van der Waals surface area (Å²) in [7, 11) is 0. The van der Waals surface area contributed by atoms with Crippen LogP contribution in [0.5, 0.6) is 0 Å². The number of nitrogens with zero attached hydrogens (tertiary/aromatic N) is 1. The molecule has 3 rings (SSSR count). The van der Waals surface area contributed by atoms with Crippen molar-refractivity contribution in [1.82, 2.24) is 10.4 Å². The van der Waals surface area contributed by atoms with E-state index in [-0.39, 0.29) is 13.2 Å². The Bertz CT molecular complexity index is 1250. The quantitative estimate of drug-likeness (QED) is 0.0880. The van der Waals surface area contributed by atoms with Gasteiger partial charge in [-0.25, -0.2) is 14.7 Å². The number of amides is 2. The van der Waals surface area contributed by atoms with E-state index in [1.54, 1.807) is 0 Å². The second-order valence-electron chi connectivity index (χ2n) is 9.12. The van der Waals surface area contributed by atoms with Gasteiger partial charge in [0.05, 0.1) is 5.69 Å². The van der Waals surface area contributed by atoms with Crippen LogP contribution in [-0.4, -0.2) is 46.4 Å². The number of benzene rings is 3. The molecular formula is C30H35N3O6. The van der Waals surface area contributed by atoms with Crippen LogP contribution in [0.3, 0.4) is 0 Å². The maximum absolute atomic E-state index is 12.3. The van der Waals surface area contributed by atoms with Crippen molar-refractivity contribution in [2.24, 2.45) is 0 Å². The molecule has 0 unspecified atom stereocenters. The number of rotatable bonds is 15. The lowest BCUT2D eigenvalue weighted by Crippen LogP contribution is -2.26. The molecule has 0 fully saturated rings. The number of carbonyl (C=O) groups excluding carboxylic acids is 2. The van der Waals surface area contributed by atoms with Crippen LogP contribution in [0.2, 0.25) is 0 Å². The zero-order valence-electron chi connectivity index (χ0n) is 21.8. The summed E-state index contributed by atoms with van der Waals surface area (Å²) >= 11 is 0. The molecule has 206 valence electrons. The van der Waals surface area contributed by atoms with Gasteiger partial charge in [0.15, 0.2) is 0 Å². The fourth-order valence-electron chi connectivity index (χ4n) is 4.00. The Labute approximate surface area is 228 Å². The van der Waals surface area contributed by atoms with Gasteiger partial charge in [-0.05, 0) is 42.0 Å². The minimum absolute atomic E-state index is 0.178. The van der Waals surface area contributed by atoms with Gasteiger partial charge in [0, 0.05) is 30.6 Å². The summed E-state index contributed by atoms with van der Waals surface area (Å²) in [6.45, 7) is 1.99. The Morgan fingerprint density at radius 3 is 2.31 bits per heavy atom. The van der Waals surface area contributed by atoms with Gasteiger partial charge in [-0.15, -0.1) is 0 Å². The number of anilines is 1. The third kappa shape index (κ3) is 10.6. The van der Waals surface area contributed by atoms with Crippen molar-refractivity contribution in [3.8, 4) is 0 Å². The van der Waals surface area contributed by atoms with E-state index < -0.39 is 18.0 Å². The molecule has 0 spiro atoms. The van der Waals surface area contributed by atoms with Crippen LogP contribution in [0, 0.1) is 0 Å². The second-order valence-corrected chi connectivity index (χ2v) is 9.12. The van der Waals surface area contributed by atoms with Gasteiger partial charge in [0.25, 0.3) is 5.91 Å². The predicted octanol–water partition coefficient (Wildman–Crippen LogP) is 5.49. The Kier molecular flexibility index (Phi) is 12.0. The first kappa shape index (κ1) is 29.3. The molecule has 9 nitrogen and oxygen atoms in total. The normalized spacial score (nSPS) is 11.0. The maximum Gasteiger partial charge on any atom is 0.411 e. The molecule has 0 radical (unpaired) electrons. The number of fused-ring (bicyclic) bond motifs is 1. The molecule has 2 amide bonds. The van der Waals surface area contributed by atoms with Crippen molar-refractivity contribution in [1.29, 1.82) is 0 Å². The molecule has 0 aliphatic heterocycles. The molecule has 4 N–H and O–H groups in total. The molecule has 0 saturated heterocycles. The molecule has 9 heteroatoms. The standard InChI is InChI=1S/C30H35N3O6/c34-28(17-18-29(35)36)33(38)20-7-3-1-2-6-19-31-21-23-13-15-24(16-14-23)22-39-30(37)32-27-12-8-10-25-9-4-5-11-26(25)27/h4-5,8-18,31,38H,1-3,6-7,19-22H2,(H,32,37)(H,35,36)/b18-17+. The fourth-order valence-corrected chi connectivity index (χ4v) is 4.00. The van der Waals surface area contributed by atoms with Crippen LogP contribution in [-0.2, 0) is 27.5 Å². The van der Waals surface area contributed by atoms with Crippen LogP contribution in [0.25, 0.3) is 10.8 Å². The molecule has 0 heterocycles.